The van der Waals surface area contributed by atoms with E-state index in [1.165, 1.54) is 23.1 Å². The van der Waals surface area contributed by atoms with E-state index in [4.69, 9.17) is 16.3 Å². The maximum atomic E-state index is 12.7. The predicted octanol–water partition coefficient (Wildman–Crippen LogP) is 4.36. The quantitative estimate of drug-likeness (QED) is 0.622. The minimum Gasteiger partial charge on any atom is -0.464 e. The molecule has 7 nitrogen and oxygen atoms in total. The average Bonchev–Trinajstić information content (AvgIpc) is 3.25. The number of nitrogens with zero attached hydrogens (tertiary/aromatic N) is 3. The molecule has 0 fully saturated rings. The first-order valence-corrected chi connectivity index (χ1v) is 9.70. The molecule has 1 amide bonds. The predicted molar refractivity (Wildman–Crippen MR) is 109 cm³/mol. The number of aryl methyl sites for hydroxylation is 1. The van der Waals surface area contributed by atoms with Crippen LogP contribution in [0.5, 0.6) is 0 Å². The number of hydrogen-bond acceptors (Lipinski definition) is 6. The first-order valence-electron chi connectivity index (χ1n) is 8.51. The van der Waals surface area contributed by atoms with E-state index in [-0.39, 0.29) is 17.5 Å². The van der Waals surface area contributed by atoms with Gasteiger partial charge < -0.3 is 4.74 Å². The molecular weight excluding hydrogens is 400 g/mol. The standard InChI is InChI=1S/C19H19ClN4O3S/c1-10(2)16-15(18(26)27-4)21-19(28-16)22-17(25)14-9-13(23-24(14)3)11-7-5-6-8-12(11)20/h5-10H,1-4H3,(H,21,22,25). The summed E-state index contributed by atoms with van der Waals surface area (Å²) in [5.74, 6) is -0.837. The number of esters is 1. The number of thiazole rings is 1. The summed E-state index contributed by atoms with van der Waals surface area (Å²) < 4.78 is 6.26. The monoisotopic (exact) mass is 418 g/mol. The molecule has 2 aromatic heterocycles. The Hall–Kier alpha value is -2.71. The van der Waals surface area contributed by atoms with Gasteiger partial charge in [-0.05, 0) is 18.1 Å². The summed E-state index contributed by atoms with van der Waals surface area (Å²) in [6.07, 6.45) is 0. The molecule has 0 unspecified atom stereocenters. The van der Waals surface area contributed by atoms with Gasteiger partial charge in [-0.15, -0.1) is 11.3 Å². The molecule has 1 aromatic carbocycles. The number of hydrogen-bond donors (Lipinski definition) is 1. The van der Waals surface area contributed by atoms with Crippen LogP contribution >= 0.6 is 22.9 Å². The minimum absolute atomic E-state index is 0.0702. The lowest BCUT2D eigenvalue weighted by atomic mass is 10.1. The number of benzene rings is 1. The molecule has 0 spiro atoms. The van der Waals surface area contributed by atoms with E-state index >= 15 is 0 Å². The fourth-order valence-corrected chi connectivity index (χ4v) is 3.84. The Morgan fingerprint density at radius 2 is 2.00 bits per heavy atom. The van der Waals surface area contributed by atoms with Crippen LogP contribution in [0.25, 0.3) is 11.3 Å². The SMILES string of the molecule is COC(=O)c1nc(NC(=O)c2cc(-c3ccccc3Cl)nn2C)sc1C(C)C. The summed E-state index contributed by atoms with van der Waals surface area (Å²) in [5, 5.41) is 8.00. The summed E-state index contributed by atoms with van der Waals surface area (Å²) in [6.45, 7) is 3.89. The highest BCUT2D eigenvalue weighted by Crippen LogP contribution is 2.31. The van der Waals surface area contributed by atoms with Crippen molar-refractivity contribution in [2.75, 3.05) is 12.4 Å². The van der Waals surface area contributed by atoms with Gasteiger partial charge in [0.15, 0.2) is 10.8 Å². The van der Waals surface area contributed by atoms with E-state index < -0.39 is 5.97 Å². The van der Waals surface area contributed by atoms with Gasteiger partial charge in [-0.3, -0.25) is 14.8 Å². The van der Waals surface area contributed by atoms with Gasteiger partial charge in [-0.1, -0.05) is 43.6 Å². The molecule has 1 N–H and O–H groups in total. The van der Waals surface area contributed by atoms with Crippen molar-refractivity contribution in [3.63, 3.8) is 0 Å². The molecule has 0 bridgehead atoms. The number of methoxy groups -OCH3 is 1. The Balaban J connectivity index is 1.88. The van der Waals surface area contributed by atoms with Gasteiger partial charge in [0.1, 0.15) is 5.69 Å². The molecule has 0 aliphatic carbocycles. The number of halogens is 1. The largest absolute Gasteiger partial charge is 0.464 e. The van der Waals surface area contributed by atoms with Crippen LogP contribution in [0.2, 0.25) is 5.02 Å². The molecule has 0 radical (unpaired) electrons. The summed E-state index contributed by atoms with van der Waals surface area (Å²) >= 11 is 7.47. The topological polar surface area (TPSA) is 86.1 Å². The zero-order valence-corrected chi connectivity index (χ0v) is 17.4. The van der Waals surface area contributed by atoms with Crippen molar-refractivity contribution in [1.29, 1.82) is 0 Å². The molecular formula is C19H19ClN4O3S. The smallest absolute Gasteiger partial charge is 0.357 e. The van der Waals surface area contributed by atoms with Gasteiger partial charge >= 0.3 is 5.97 Å². The molecule has 0 saturated carbocycles. The van der Waals surface area contributed by atoms with Crippen molar-refractivity contribution < 1.29 is 14.3 Å². The van der Waals surface area contributed by atoms with Gasteiger partial charge in [0.05, 0.1) is 17.8 Å². The van der Waals surface area contributed by atoms with Crippen LogP contribution in [0.4, 0.5) is 5.13 Å². The van der Waals surface area contributed by atoms with Crippen molar-refractivity contribution in [1.82, 2.24) is 14.8 Å². The fourth-order valence-electron chi connectivity index (χ4n) is 2.66. The van der Waals surface area contributed by atoms with Crippen molar-refractivity contribution in [2.24, 2.45) is 7.05 Å². The van der Waals surface area contributed by atoms with Gasteiger partial charge in [0, 0.05) is 17.5 Å². The summed E-state index contributed by atoms with van der Waals surface area (Å²) in [5.41, 5.74) is 1.90. The number of ether oxygens (including phenoxy) is 1. The third kappa shape index (κ3) is 3.93. The normalized spacial score (nSPS) is 10.9. The van der Waals surface area contributed by atoms with Crippen LogP contribution in [-0.4, -0.2) is 33.8 Å². The number of carbonyl (C=O) groups excluding carboxylic acids is 2. The molecule has 146 valence electrons. The van der Waals surface area contributed by atoms with E-state index in [2.05, 4.69) is 15.4 Å². The second-order valence-electron chi connectivity index (χ2n) is 6.35. The molecule has 28 heavy (non-hydrogen) atoms. The lowest BCUT2D eigenvalue weighted by Crippen LogP contribution is -2.16. The van der Waals surface area contributed by atoms with Gasteiger partial charge in [-0.25, -0.2) is 9.78 Å². The van der Waals surface area contributed by atoms with Crippen LogP contribution in [0, 0.1) is 0 Å². The second kappa shape index (κ2) is 8.12. The highest BCUT2D eigenvalue weighted by atomic mass is 35.5. The van der Waals surface area contributed by atoms with Gasteiger partial charge in [0.2, 0.25) is 0 Å². The summed E-state index contributed by atoms with van der Waals surface area (Å²) in [6, 6.07) is 8.95. The lowest BCUT2D eigenvalue weighted by molar-refractivity contribution is 0.0593. The zero-order chi connectivity index (χ0) is 20.4. The summed E-state index contributed by atoms with van der Waals surface area (Å²) in [7, 11) is 2.98. The Bertz CT molecular complexity index is 1040. The fraction of sp³-hybridized carbons (Fsp3) is 0.263. The van der Waals surface area contributed by atoms with Crippen LogP contribution in [0.1, 0.15) is 45.6 Å². The van der Waals surface area contributed by atoms with E-state index in [1.54, 1.807) is 19.2 Å². The number of carbonyl (C=O) groups is 2. The maximum Gasteiger partial charge on any atom is 0.357 e. The minimum atomic E-state index is -0.526. The van der Waals surface area contributed by atoms with E-state index in [1.807, 2.05) is 32.0 Å². The number of rotatable bonds is 5. The molecule has 9 heteroatoms. The zero-order valence-electron chi connectivity index (χ0n) is 15.8. The first-order chi connectivity index (χ1) is 13.3. The maximum absolute atomic E-state index is 12.7. The number of anilines is 1. The van der Waals surface area contributed by atoms with E-state index in [9.17, 15) is 9.59 Å². The summed E-state index contributed by atoms with van der Waals surface area (Å²) in [4.78, 5) is 29.7. The molecule has 0 atom stereocenters. The van der Waals surface area contributed by atoms with Crippen molar-refractivity contribution in [3.8, 4) is 11.3 Å². The third-order valence-corrected chi connectivity index (χ3v) is 5.64. The van der Waals surface area contributed by atoms with E-state index in [0.29, 0.717) is 21.5 Å². The van der Waals surface area contributed by atoms with Gasteiger partial charge in [-0.2, -0.15) is 5.10 Å². The Labute approximate surface area is 171 Å². The molecule has 2 heterocycles. The molecule has 3 aromatic rings. The Kier molecular flexibility index (Phi) is 5.81. The van der Waals surface area contributed by atoms with Crippen LogP contribution in [0.15, 0.2) is 30.3 Å². The first kappa shape index (κ1) is 20.0. The van der Waals surface area contributed by atoms with E-state index in [0.717, 1.165) is 10.4 Å². The number of nitrogens with one attached hydrogen (secondary N) is 1. The number of aromatic nitrogens is 3. The van der Waals surface area contributed by atoms with Crippen molar-refractivity contribution >= 4 is 39.9 Å². The highest BCUT2D eigenvalue weighted by Gasteiger charge is 2.23. The van der Waals surface area contributed by atoms with Crippen LogP contribution in [0.3, 0.4) is 0 Å². The second-order valence-corrected chi connectivity index (χ2v) is 7.79. The third-order valence-electron chi connectivity index (χ3n) is 4.04. The van der Waals surface area contributed by atoms with Gasteiger partial charge in [0.25, 0.3) is 5.91 Å². The molecule has 3 rings (SSSR count). The highest BCUT2D eigenvalue weighted by molar-refractivity contribution is 7.16. The van der Waals surface area contributed by atoms with Crippen molar-refractivity contribution in [3.05, 3.63) is 51.6 Å². The molecule has 0 saturated heterocycles. The molecule has 0 aliphatic rings. The average molecular weight is 419 g/mol. The van der Waals surface area contributed by atoms with Crippen LogP contribution in [-0.2, 0) is 11.8 Å². The Morgan fingerprint density at radius 1 is 1.29 bits per heavy atom. The molecule has 0 aliphatic heterocycles. The lowest BCUT2D eigenvalue weighted by Gasteiger charge is -2.02. The Morgan fingerprint density at radius 3 is 2.64 bits per heavy atom. The number of amides is 1. The van der Waals surface area contributed by atoms with Crippen molar-refractivity contribution in [2.45, 2.75) is 19.8 Å². The van der Waals surface area contributed by atoms with Crippen LogP contribution < -0.4 is 5.32 Å².